The molecule has 4 nitrogen and oxygen atoms in total. The zero-order valence-corrected chi connectivity index (χ0v) is 15.2. The van der Waals surface area contributed by atoms with E-state index in [-0.39, 0.29) is 27.4 Å². The van der Waals surface area contributed by atoms with Gasteiger partial charge in [0, 0.05) is 17.9 Å². The van der Waals surface area contributed by atoms with Crippen LogP contribution in [0.1, 0.15) is 29.3 Å². The lowest BCUT2D eigenvalue weighted by Gasteiger charge is -2.14. The number of benzene rings is 2. The van der Waals surface area contributed by atoms with E-state index >= 15 is 0 Å². The average Bonchev–Trinajstić information content (AvgIpc) is 2.53. The Hall–Kier alpha value is -1.85. The van der Waals surface area contributed by atoms with Crippen LogP contribution in [0, 0.1) is 0 Å². The number of carbonyl (C=O) groups excluding carboxylic acids is 1. The Bertz CT molecular complexity index is 819. The van der Waals surface area contributed by atoms with Crippen LogP contribution in [-0.2, 0) is 16.3 Å². The fraction of sp³-hybridized carbons (Fsp3) is 0.278. The number of amides is 1. The smallest absolute Gasteiger partial charge is 0.251 e. The fourth-order valence-electron chi connectivity index (χ4n) is 2.34. The molecule has 1 atom stereocenters. The van der Waals surface area contributed by atoms with Crippen molar-refractivity contribution in [1.82, 2.24) is 5.32 Å². The maximum atomic E-state index is 12.3. The molecule has 0 aliphatic heterocycles. The molecule has 128 valence electrons. The first-order valence-corrected chi connectivity index (χ1v) is 9.88. The van der Waals surface area contributed by atoms with Crippen molar-refractivity contribution in [2.45, 2.75) is 30.7 Å². The molecule has 0 spiro atoms. The molecule has 2 aromatic carbocycles. The highest BCUT2D eigenvalue weighted by molar-refractivity contribution is 7.90. The molecule has 1 N–H and O–H groups in total. The number of nitrogens with one attached hydrogen (secondary N) is 1. The molecule has 0 bridgehead atoms. The Balaban J connectivity index is 2.02. The number of rotatable bonds is 6. The van der Waals surface area contributed by atoms with Gasteiger partial charge < -0.3 is 5.32 Å². The predicted molar refractivity (Wildman–Crippen MR) is 96.3 cm³/mol. The van der Waals surface area contributed by atoms with Crippen LogP contribution in [0.4, 0.5) is 0 Å². The monoisotopic (exact) mass is 365 g/mol. The van der Waals surface area contributed by atoms with Crippen molar-refractivity contribution in [2.75, 3.05) is 6.26 Å². The van der Waals surface area contributed by atoms with Gasteiger partial charge >= 0.3 is 0 Å². The van der Waals surface area contributed by atoms with Crippen molar-refractivity contribution >= 4 is 27.3 Å². The topological polar surface area (TPSA) is 63.2 Å². The van der Waals surface area contributed by atoms with E-state index in [0.717, 1.165) is 19.1 Å². The maximum Gasteiger partial charge on any atom is 0.251 e. The minimum Gasteiger partial charge on any atom is -0.350 e. The summed E-state index contributed by atoms with van der Waals surface area (Å²) in [6.07, 6.45) is 2.72. The van der Waals surface area contributed by atoms with Crippen molar-refractivity contribution in [3.63, 3.8) is 0 Å². The van der Waals surface area contributed by atoms with E-state index in [1.807, 2.05) is 37.3 Å². The summed E-state index contributed by atoms with van der Waals surface area (Å²) in [6.45, 7) is 1.92. The second-order valence-corrected chi connectivity index (χ2v) is 8.21. The van der Waals surface area contributed by atoms with Gasteiger partial charge in [-0.2, -0.15) is 0 Å². The van der Waals surface area contributed by atoms with Crippen LogP contribution in [0.2, 0.25) is 5.02 Å². The summed E-state index contributed by atoms with van der Waals surface area (Å²) < 4.78 is 23.4. The zero-order chi connectivity index (χ0) is 17.7. The van der Waals surface area contributed by atoms with Crippen molar-refractivity contribution in [3.8, 4) is 0 Å². The number of aryl methyl sites for hydroxylation is 1. The van der Waals surface area contributed by atoms with Crippen LogP contribution in [0.25, 0.3) is 0 Å². The predicted octanol–water partition coefficient (Wildman–Crippen LogP) is 3.49. The van der Waals surface area contributed by atoms with E-state index in [1.54, 1.807) is 0 Å². The van der Waals surface area contributed by atoms with Gasteiger partial charge in [-0.05, 0) is 43.5 Å². The molecule has 0 radical (unpaired) electrons. The Labute approximate surface area is 147 Å². The third kappa shape index (κ3) is 5.08. The van der Waals surface area contributed by atoms with E-state index in [1.165, 1.54) is 23.8 Å². The van der Waals surface area contributed by atoms with E-state index in [2.05, 4.69) is 5.32 Å². The minimum absolute atomic E-state index is 0.0323. The first-order chi connectivity index (χ1) is 11.3. The Morgan fingerprint density at radius 2 is 1.83 bits per heavy atom. The van der Waals surface area contributed by atoms with Gasteiger partial charge in [-0.1, -0.05) is 41.9 Å². The summed E-state index contributed by atoms with van der Waals surface area (Å²) >= 11 is 5.90. The van der Waals surface area contributed by atoms with Gasteiger partial charge in [0.15, 0.2) is 9.84 Å². The van der Waals surface area contributed by atoms with E-state index in [4.69, 9.17) is 11.6 Å². The summed E-state index contributed by atoms with van der Waals surface area (Å²) in [5.74, 6) is -0.308. The van der Waals surface area contributed by atoms with Gasteiger partial charge in [0.2, 0.25) is 0 Å². The molecule has 0 aliphatic carbocycles. The third-order valence-electron chi connectivity index (χ3n) is 3.68. The molecule has 2 rings (SSSR count). The van der Waals surface area contributed by atoms with Crippen LogP contribution in [0.5, 0.6) is 0 Å². The molecule has 0 saturated heterocycles. The molecule has 0 aromatic heterocycles. The molecular weight excluding hydrogens is 346 g/mol. The lowest BCUT2D eigenvalue weighted by atomic mass is 10.1. The maximum absolute atomic E-state index is 12.3. The summed E-state index contributed by atoms with van der Waals surface area (Å²) in [4.78, 5) is 12.3. The van der Waals surface area contributed by atoms with Gasteiger partial charge in [0.05, 0.1) is 9.92 Å². The molecule has 0 heterocycles. The second kappa shape index (κ2) is 7.81. The molecule has 0 aliphatic rings. The molecule has 0 saturated carbocycles. The Morgan fingerprint density at radius 1 is 1.17 bits per heavy atom. The first-order valence-electron chi connectivity index (χ1n) is 7.62. The highest BCUT2D eigenvalue weighted by Crippen LogP contribution is 2.22. The van der Waals surface area contributed by atoms with Crippen LogP contribution < -0.4 is 5.32 Å². The average molecular weight is 366 g/mol. The largest absolute Gasteiger partial charge is 0.350 e. The molecule has 1 amide bonds. The van der Waals surface area contributed by atoms with Gasteiger partial charge in [-0.3, -0.25) is 4.79 Å². The third-order valence-corrected chi connectivity index (χ3v) is 5.26. The van der Waals surface area contributed by atoms with Crippen molar-refractivity contribution in [2.24, 2.45) is 0 Å². The molecule has 2 aromatic rings. The quantitative estimate of drug-likeness (QED) is 0.852. The van der Waals surface area contributed by atoms with Crippen LogP contribution in [0.3, 0.4) is 0 Å². The van der Waals surface area contributed by atoms with Crippen LogP contribution in [-0.4, -0.2) is 26.6 Å². The van der Waals surface area contributed by atoms with Crippen molar-refractivity contribution in [3.05, 3.63) is 64.7 Å². The summed E-state index contributed by atoms with van der Waals surface area (Å²) in [7, 11) is -3.48. The van der Waals surface area contributed by atoms with Gasteiger partial charge in [0.25, 0.3) is 5.91 Å². The van der Waals surface area contributed by atoms with Gasteiger partial charge in [0.1, 0.15) is 0 Å². The van der Waals surface area contributed by atoms with Gasteiger partial charge in [-0.15, -0.1) is 0 Å². The zero-order valence-electron chi connectivity index (χ0n) is 13.6. The van der Waals surface area contributed by atoms with E-state index in [9.17, 15) is 13.2 Å². The van der Waals surface area contributed by atoms with Crippen molar-refractivity contribution < 1.29 is 13.2 Å². The van der Waals surface area contributed by atoms with Gasteiger partial charge in [-0.25, -0.2) is 8.42 Å². The lowest BCUT2D eigenvalue weighted by molar-refractivity contribution is 0.0938. The van der Waals surface area contributed by atoms with E-state index < -0.39 is 9.84 Å². The van der Waals surface area contributed by atoms with Crippen molar-refractivity contribution in [1.29, 1.82) is 0 Å². The number of carbonyl (C=O) groups is 1. The van der Waals surface area contributed by atoms with Crippen LogP contribution >= 0.6 is 11.6 Å². The number of sulfone groups is 1. The first kappa shape index (κ1) is 18.5. The Morgan fingerprint density at radius 3 is 2.46 bits per heavy atom. The SMILES string of the molecule is CC(CCc1ccccc1)NC(=O)c1ccc(Cl)c(S(C)(=O)=O)c1. The minimum atomic E-state index is -3.48. The highest BCUT2D eigenvalue weighted by Gasteiger charge is 2.16. The molecule has 6 heteroatoms. The van der Waals surface area contributed by atoms with Crippen LogP contribution in [0.15, 0.2) is 53.4 Å². The summed E-state index contributed by atoms with van der Waals surface area (Å²) in [5, 5.41) is 3.00. The normalized spacial score (nSPS) is 12.6. The summed E-state index contributed by atoms with van der Waals surface area (Å²) in [6, 6.07) is 14.3. The Kier molecular flexibility index (Phi) is 6.02. The summed E-state index contributed by atoms with van der Waals surface area (Å²) in [5.41, 5.74) is 1.50. The molecule has 0 fully saturated rings. The fourth-order valence-corrected chi connectivity index (χ4v) is 3.64. The van der Waals surface area contributed by atoms with E-state index in [0.29, 0.717) is 0 Å². The second-order valence-electron chi connectivity index (χ2n) is 5.82. The number of hydrogen-bond donors (Lipinski definition) is 1. The molecule has 1 unspecified atom stereocenters. The molecule has 24 heavy (non-hydrogen) atoms. The number of hydrogen-bond acceptors (Lipinski definition) is 3. The standard InChI is InChI=1S/C18H20ClNO3S/c1-13(8-9-14-6-4-3-5-7-14)20-18(21)15-10-11-16(19)17(12-15)24(2,22)23/h3-7,10-13H,8-9H2,1-2H3,(H,20,21). The lowest BCUT2D eigenvalue weighted by Crippen LogP contribution is -2.33. The number of halogens is 1. The molecular formula is C18H20ClNO3S. The highest BCUT2D eigenvalue weighted by atomic mass is 35.5.